The summed E-state index contributed by atoms with van der Waals surface area (Å²) in [6.45, 7) is 3.10. The molecular formula is C21H25BrN2O3S. The number of hydrogen-bond acceptors (Lipinski definition) is 3. The molecule has 0 N–H and O–H groups in total. The molecule has 1 heterocycles. The molecular weight excluding hydrogens is 440 g/mol. The van der Waals surface area contributed by atoms with Crippen LogP contribution < -0.4 is 4.31 Å². The molecule has 0 aromatic heterocycles. The number of rotatable bonds is 5. The highest BCUT2D eigenvalue weighted by Crippen LogP contribution is 2.26. The number of anilines is 1. The lowest BCUT2D eigenvalue weighted by Crippen LogP contribution is -2.43. The largest absolute Gasteiger partial charge is 0.341 e. The third-order valence-electron chi connectivity index (χ3n) is 4.96. The fourth-order valence-electron chi connectivity index (χ4n) is 3.30. The Kier molecular flexibility index (Phi) is 6.78. The number of halogens is 1. The van der Waals surface area contributed by atoms with Gasteiger partial charge in [0.2, 0.25) is 5.91 Å². The first-order chi connectivity index (χ1) is 13.4. The first kappa shape index (κ1) is 20.9. The van der Waals surface area contributed by atoms with E-state index >= 15 is 0 Å². The number of likely N-dealkylation sites (tertiary alicyclic amines) is 1. The normalized spacial score (nSPS) is 15.1. The second-order valence-corrected chi connectivity index (χ2v) is 9.87. The molecule has 1 aliphatic rings. The Morgan fingerprint density at radius 2 is 1.54 bits per heavy atom. The number of carbonyl (C=O) groups is 1. The number of carbonyl (C=O) groups excluding carboxylic acids is 1. The van der Waals surface area contributed by atoms with E-state index in [1.54, 1.807) is 53.4 Å². The molecule has 0 unspecified atom stereocenters. The Hall–Kier alpha value is -1.86. The third kappa shape index (κ3) is 4.94. The van der Waals surface area contributed by atoms with Gasteiger partial charge in [0.15, 0.2) is 0 Å². The molecule has 0 spiro atoms. The monoisotopic (exact) mass is 464 g/mol. The molecule has 3 rings (SSSR count). The fraction of sp³-hybridized carbons (Fsp3) is 0.381. The van der Waals surface area contributed by atoms with Crippen LogP contribution in [0.4, 0.5) is 5.69 Å². The van der Waals surface area contributed by atoms with Gasteiger partial charge in [-0.25, -0.2) is 8.42 Å². The zero-order valence-electron chi connectivity index (χ0n) is 16.0. The maximum Gasteiger partial charge on any atom is 0.264 e. The minimum atomic E-state index is -3.86. The van der Waals surface area contributed by atoms with Crippen molar-refractivity contribution < 1.29 is 13.2 Å². The van der Waals surface area contributed by atoms with E-state index in [9.17, 15) is 13.2 Å². The van der Waals surface area contributed by atoms with E-state index in [1.165, 1.54) is 4.31 Å². The third-order valence-corrected chi connectivity index (χ3v) is 7.28. The number of benzene rings is 2. The average molecular weight is 465 g/mol. The van der Waals surface area contributed by atoms with Gasteiger partial charge in [0.25, 0.3) is 10.0 Å². The first-order valence-corrected chi connectivity index (χ1v) is 11.7. The summed E-state index contributed by atoms with van der Waals surface area (Å²) >= 11 is 3.38. The van der Waals surface area contributed by atoms with Gasteiger partial charge in [0.05, 0.1) is 10.6 Å². The van der Waals surface area contributed by atoms with Gasteiger partial charge in [-0.2, -0.15) is 0 Å². The van der Waals surface area contributed by atoms with Gasteiger partial charge in [0.1, 0.15) is 6.54 Å². The van der Waals surface area contributed by atoms with E-state index in [-0.39, 0.29) is 17.3 Å². The Balaban J connectivity index is 1.93. The standard InChI is InChI=1S/C21H25BrN2O3S/c1-17-6-12-20(13-7-17)28(26,27)24(19-10-8-18(22)9-11-19)16-21(25)23-14-4-2-3-5-15-23/h6-13H,2-5,14-16H2,1H3. The van der Waals surface area contributed by atoms with Crippen molar-refractivity contribution in [2.45, 2.75) is 37.5 Å². The van der Waals surface area contributed by atoms with Crippen LogP contribution in [-0.2, 0) is 14.8 Å². The van der Waals surface area contributed by atoms with Crippen molar-refractivity contribution in [2.75, 3.05) is 23.9 Å². The van der Waals surface area contributed by atoms with Crippen molar-refractivity contribution in [1.82, 2.24) is 4.90 Å². The molecule has 1 aliphatic heterocycles. The molecule has 7 heteroatoms. The lowest BCUT2D eigenvalue weighted by atomic mass is 10.2. The average Bonchev–Trinajstić information content (AvgIpc) is 2.96. The highest BCUT2D eigenvalue weighted by atomic mass is 79.9. The van der Waals surface area contributed by atoms with Crippen LogP contribution in [0.1, 0.15) is 31.2 Å². The van der Waals surface area contributed by atoms with Crippen LogP contribution in [0.25, 0.3) is 0 Å². The summed E-state index contributed by atoms with van der Waals surface area (Å²) in [4.78, 5) is 14.9. The van der Waals surface area contributed by atoms with Crippen LogP contribution in [-0.4, -0.2) is 38.9 Å². The van der Waals surface area contributed by atoms with Crippen molar-refractivity contribution in [3.8, 4) is 0 Å². The highest BCUT2D eigenvalue weighted by molar-refractivity contribution is 9.10. The Bertz CT molecular complexity index is 904. The molecule has 0 saturated carbocycles. The van der Waals surface area contributed by atoms with Gasteiger partial charge in [0, 0.05) is 17.6 Å². The van der Waals surface area contributed by atoms with Crippen LogP contribution in [0.3, 0.4) is 0 Å². The van der Waals surface area contributed by atoms with E-state index < -0.39 is 10.0 Å². The van der Waals surface area contributed by atoms with Gasteiger partial charge in [-0.05, 0) is 56.2 Å². The molecule has 0 atom stereocenters. The highest BCUT2D eigenvalue weighted by Gasteiger charge is 2.29. The topological polar surface area (TPSA) is 57.7 Å². The molecule has 28 heavy (non-hydrogen) atoms. The van der Waals surface area contributed by atoms with Crippen LogP contribution in [0.15, 0.2) is 57.9 Å². The molecule has 2 aromatic rings. The molecule has 150 valence electrons. The molecule has 0 bridgehead atoms. The van der Waals surface area contributed by atoms with E-state index in [1.807, 2.05) is 6.92 Å². The predicted octanol–water partition coefficient (Wildman–Crippen LogP) is 4.36. The van der Waals surface area contributed by atoms with E-state index in [4.69, 9.17) is 0 Å². The molecule has 1 amide bonds. The molecule has 2 aromatic carbocycles. The SMILES string of the molecule is Cc1ccc(S(=O)(=O)N(CC(=O)N2CCCCCC2)c2ccc(Br)cc2)cc1. The maximum absolute atomic E-state index is 13.4. The van der Waals surface area contributed by atoms with Crippen molar-refractivity contribution >= 4 is 37.5 Å². The smallest absolute Gasteiger partial charge is 0.264 e. The lowest BCUT2D eigenvalue weighted by Gasteiger charge is -2.28. The summed E-state index contributed by atoms with van der Waals surface area (Å²) in [6.07, 6.45) is 4.16. The first-order valence-electron chi connectivity index (χ1n) is 9.51. The van der Waals surface area contributed by atoms with Gasteiger partial charge in [-0.3, -0.25) is 9.10 Å². The number of aryl methyl sites for hydroxylation is 1. The molecule has 1 saturated heterocycles. The van der Waals surface area contributed by atoms with E-state index in [0.29, 0.717) is 18.8 Å². The zero-order chi connectivity index (χ0) is 20.1. The quantitative estimate of drug-likeness (QED) is 0.660. The number of sulfonamides is 1. The van der Waals surface area contributed by atoms with Gasteiger partial charge in [-0.1, -0.05) is 46.5 Å². The van der Waals surface area contributed by atoms with Crippen LogP contribution in [0, 0.1) is 6.92 Å². The van der Waals surface area contributed by atoms with Crippen LogP contribution >= 0.6 is 15.9 Å². The summed E-state index contributed by atoms with van der Waals surface area (Å²) in [5.41, 5.74) is 1.46. The molecule has 0 radical (unpaired) electrons. The summed E-state index contributed by atoms with van der Waals surface area (Å²) in [7, 11) is -3.86. The number of amides is 1. The van der Waals surface area contributed by atoms with Crippen molar-refractivity contribution in [1.29, 1.82) is 0 Å². The van der Waals surface area contributed by atoms with Crippen molar-refractivity contribution in [2.24, 2.45) is 0 Å². The predicted molar refractivity (Wildman–Crippen MR) is 115 cm³/mol. The zero-order valence-corrected chi connectivity index (χ0v) is 18.4. The van der Waals surface area contributed by atoms with Gasteiger partial charge in [-0.15, -0.1) is 0 Å². The van der Waals surface area contributed by atoms with E-state index in [2.05, 4.69) is 15.9 Å². The van der Waals surface area contributed by atoms with Crippen molar-refractivity contribution in [3.05, 3.63) is 58.6 Å². The Morgan fingerprint density at radius 1 is 0.964 bits per heavy atom. The number of hydrogen-bond donors (Lipinski definition) is 0. The Morgan fingerprint density at radius 3 is 2.11 bits per heavy atom. The molecule has 0 aliphatic carbocycles. The lowest BCUT2D eigenvalue weighted by molar-refractivity contribution is -0.129. The summed E-state index contributed by atoms with van der Waals surface area (Å²) in [5.74, 6) is -0.152. The summed E-state index contributed by atoms with van der Waals surface area (Å²) < 4.78 is 28.8. The second kappa shape index (κ2) is 9.09. The summed E-state index contributed by atoms with van der Waals surface area (Å²) in [6, 6.07) is 13.7. The summed E-state index contributed by atoms with van der Waals surface area (Å²) in [5, 5.41) is 0. The van der Waals surface area contributed by atoms with Gasteiger partial charge < -0.3 is 4.90 Å². The fourth-order valence-corrected chi connectivity index (χ4v) is 4.98. The van der Waals surface area contributed by atoms with Crippen LogP contribution in [0.2, 0.25) is 0 Å². The minimum absolute atomic E-state index is 0.152. The van der Waals surface area contributed by atoms with Crippen LogP contribution in [0.5, 0.6) is 0 Å². The molecule has 1 fully saturated rings. The minimum Gasteiger partial charge on any atom is -0.341 e. The Labute approximate surface area is 175 Å². The number of nitrogens with zero attached hydrogens (tertiary/aromatic N) is 2. The van der Waals surface area contributed by atoms with Gasteiger partial charge >= 0.3 is 0 Å². The van der Waals surface area contributed by atoms with Crippen molar-refractivity contribution in [3.63, 3.8) is 0 Å². The molecule has 5 nitrogen and oxygen atoms in total. The van der Waals surface area contributed by atoms with E-state index in [0.717, 1.165) is 35.7 Å². The maximum atomic E-state index is 13.4. The second-order valence-electron chi connectivity index (χ2n) is 7.10.